The van der Waals surface area contributed by atoms with Gasteiger partial charge in [0, 0.05) is 11.9 Å². The van der Waals surface area contributed by atoms with E-state index in [1.807, 2.05) is 51.7 Å². The van der Waals surface area contributed by atoms with Gasteiger partial charge in [0.05, 0.1) is 27.2 Å². The van der Waals surface area contributed by atoms with Crippen LogP contribution in [0.5, 0.6) is 5.75 Å². The minimum atomic E-state index is -0.144. The van der Waals surface area contributed by atoms with E-state index >= 15 is 0 Å². The Kier molecular flexibility index (Phi) is 5.36. The first-order chi connectivity index (χ1) is 13.9. The van der Waals surface area contributed by atoms with Gasteiger partial charge in [0.25, 0.3) is 5.91 Å². The van der Waals surface area contributed by atoms with Gasteiger partial charge in [-0.25, -0.2) is 4.98 Å². The van der Waals surface area contributed by atoms with Crippen LogP contribution in [-0.4, -0.2) is 42.0 Å². The van der Waals surface area contributed by atoms with Gasteiger partial charge in [0.2, 0.25) is 0 Å². The number of benzene rings is 1. The van der Waals surface area contributed by atoms with Crippen LogP contribution in [0.4, 0.5) is 0 Å². The van der Waals surface area contributed by atoms with Gasteiger partial charge in [0.1, 0.15) is 23.7 Å². The van der Waals surface area contributed by atoms with Crippen LogP contribution in [0, 0.1) is 13.8 Å². The lowest BCUT2D eigenvalue weighted by Gasteiger charge is -2.44. The molecule has 1 fully saturated rings. The average molecular weight is 414 g/mol. The third-order valence-corrected chi connectivity index (χ3v) is 6.49. The second kappa shape index (κ2) is 7.80. The summed E-state index contributed by atoms with van der Waals surface area (Å²) >= 11 is 1.58. The molecule has 0 bridgehead atoms. The molecule has 0 unspecified atom stereocenters. The molecule has 7 heteroatoms. The van der Waals surface area contributed by atoms with Crippen molar-refractivity contribution in [2.24, 2.45) is 0 Å². The maximum atomic E-state index is 13.2. The van der Waals surface area contributed by atoms with Crippen molar-refractivity contribution in [3.63, 3.8) is 0 Å². The third-order valence-electron chi connectivity index (χ3n) is 5.59. The zero-order valence-electron chi connectivity index (χ0n) is 17.4. The summed E-state index contributed by atoms with van der Waals surface area (Å²) in [5, 5.41) is 4.08. The molecule has 1 saturated carbocycles. The van der Waals surface area contributed by atoms with Crippen LogP contribution < -0.4 is 10.1 Å². The Morgan fingerprint density at radius 3 is 2.76 bits per heavy atom. The Balaban J connectivity index is 1.57. The number of amides is 1. The number of fused-ring (bicyclic) bond motifs is 1. The number of hydrogen-bond donors (Lipinski definition) is 1. The molecule has 0 saturated heterocycles. The lowest BCUT2D eigenvalue weighted by Crippen LogP contribution is -2.58. The van der Waals surface area contributed by atoms with Gasteiger partial charge in [-0.3, -0.25) is 4.79 Å². The van der Waals surface area contributed by atoms with Crippen molar-refractivity contribution in [1.82, 2.24) is 15.2 Å². The topological polar surface area (TPSA) is 67.6 Å². The van der Waals surface area contributed by atoms with Gasteiger partial charge in [0.15, 0.2) is 0 Å². The highest BCUT2D eigenvalue weighted by Crippen LogP contribution is 2.35. The summed E-state index contributed by atoms with van der Waals surface area (Å²) < 4.78 is 11.8. The monoisotopic (exact) mass is 413 g/mol. The number of carbonyl (C=O) groups is 1. The van der Waals surface area contributed by atoms with Gasteiger partial charge in [-0.15, -0.1) is 11.3 Å². The normalized spacial score (nSPS) is 15.5. The minimum Gasteiger partial charge on any atom is -0.488 e. The molecule has 2 heterocycles. The van der Waals surface area contributed by atoms with E-state index < -0.39 is 0 Å². The molecule has 0 aliphatic heterocycles. The molecule has 4 rings (SSSR count). The Morgan fingerprint density at radius 1 is 1.34 bits per heavy atom. The highest BCUT2D eigenvalue weighted by atomic mass is 32.1. The minimum absolute atomic E-state index is 0.0711. The number of nitrogens with zero attached hydrogens (tertiary/aromatic N) is 2. The second-order valence-electron chi connectivity index (χ2n) is 8.17. The van der Waals surface area contributed by atoms with E-state index in [-0.39, 0.29) is 11.4 Å². The SMILES string of the molecule is Cc1ncsc1COc1ccc2oc(C)c(C(=O)NC3(CN(C)C)CCC3)c2c1. The molecule has 1 aliphatic carbocycles. The second-order valence-corrected chi connectivity index (χ2v) is 9.11. The summed E-state index contributed by atoms with van der Waals surface area (Å²) in [5.74, 6) is 1.28. The van der Waals surface area contributed by atoms with Crippen LogP contribution in [0.15, 0.2) is 28.1 Å². The van der Waals surface area contributed by atoms with Gasteiger partial charge in [-0.2, -0.15) is 0 Å². The summed E-state index contributed by atoms with van der Waals surface area (Å²) in [6.07, 6.45) is 3.16. The molecule has 154 valence electrons. The fraction of sp³-hybridized carbons (Fsp3) is 0.455. The molecule has 0 spiro atoms. The lowest BCUT2D eigenvalue weighted by atomic mass is 9.76. The molecule has 2 aromatic heterocycles. The lowest BCUT2D eigenvalue weighted by molar-refractivity contribution is 0.0773. The zero-order valence-corrected chi connectivity index (χ0v) is 18.2. The fourth-order valence-corrected chi connectivity index (χ4v) is 4.71. The molecular formula is C22H27N3O3S. The van der Waals surface area contributed by atoms with E-state index in [1.54, 1.807) is 11.3 Å². The highest BCUT2D eigenvalue weighted by molar-refractivity contribution is 7.09. The average Bonchev–Trinajstić information content (AvgIpc) is 3.19. The summed E-state index contributed by atoms with van der Waals surface area (Å²) in [4.78, 5) is 20.7. The van der Waals surface area contributed by atoms with E-state index in [0.29, 0.717) is 29.3 Å². The van der Waals surface area contributed by atoms with Crippen molar-refractivity contribution in [3.8, 4) is 5.75 Å². The first-order valence-electron chi connectivity index (χ1n) is 9.89. The summed E-state index contributed by atoms with van der Waals surface area (Å²) in [6.45, 7) is 5.13. The molecule has 29 heavy (non-hydrogen) atoms. The summed E-state index contributed by atoms with van der Waals surface area (Å²) in [6, 6.07) is 5.65. The number of rotatable bonds is 7. The van der Waals surface area contributed by atoms with Crippen molar-refractivity contribution in [2.75, 3.05) is 20.6 Å². The van der Waals surface area contributed by atoms with Crippen LogP contribution in [0.25, 0.3) is 11.0 Å². The quantitative estimate of drug-likeness (QED) is 0.625. The number of carbonyl (C=O) groups excluding carboxylic acids is 1. The Bertz CT molecular complexity index is 1030. The van der Waals surface area contributed by atoms with Crippen molar-refractivity contribution in [1.29, 1.82) is 0 Å². The first kappa shape index (κ1) is 19.9. The van der Waals surface area contributed by atoms with Crippen molar-refractivity contribution in [2.45, 2.75) is 45.3 Å². The molecule has 1 aliphatic rings. The van der Waals surface area contributed by atoms with E-state index in [9.17, 15) is 4.79 Å². The van der Waals surface area contributed by atoms with Crippen LogP contribution in [0.1, 0.15) is 46.0 Å². The summed E-state index contributed by atoms with van der Waals surface area (Å²) in [5.41, 5.74) is 3.97. The van der Waals surface area contributed by atoms with Gasteiger partial charge in [-0.05, 0) is 65.4 Å². The van der Waals surface area contributed by atoms with E-state index in [2.05, 4.69) is 15.2 Å². The predicted molar refractivity (Wildman–Crippen MR) is 115 cm³/mol. The van der Waals surface area contributed by atoms with Crippen LogP contribution in [0.2, 0.25) is 0 Å². The van der Waals surface area contributed by atoms with Gasteiger partial charge >= 0.3 is 0 Å². The molecule has 3 aromatic rings. The Labute approximate surface area is 174 Å². The standard InChI is InChI=1S/C22H27N3O3S/c1-14-19(29-13-23-14)11-27-16-6-7-18-17(10-16)20(15(2)28-18)21(26)24-22(8-5-9-22)12-25(3)4/h6-7,10,13H,5,8-9,11-12H2,1-4H3,(H,24,26). The predicted octanol–water partition coefficient (Wildman–Crippen LogP) is 4.30. The van der Waals surface area contributed by atoms with E-state index in [0.717, 1.165) is 41.8 Å². The highest BCUT2D eigenvalue weighted by Gasteiger charge is 2.39. The van der Waals surface area contributed by atoms with Crippen molar-refractivity contribution in [3.05, 3.63) is 45.6 Å². The van der Waals surface area contributed by atoms with Gasteiger partial charge in [-0.1, -0.05) is 0 Å². The molecular weight excluding hydrogens is 386 g/mol. The van der Waals surface area contributed by atoms with E-state index in [4.69, 9.17) is 9.15 Å². The van der Waals surface area contributed by atoms with Crippen LogP contribution in [0.3, 0.4) is 0 Å². The maximum Gasteiger partial charge on any atom is 0.255 e. The van der Waals surface area contributed by atoms with Crippen molar-refractivity contribution >= 4 is 28.2 Å². The number of thiazole rings is 1. The molecule has 1 amide bonds. The third kappa shape index (κ3) is 4.02. The molecule has 6 nitrogen and oxygen atoms in total. The van der Waals surface area contributed by atoms with Crippen molar-refractivity contribution < 1.29 is 13.9 Å². The smallest absolute Gasteiger partial charge is 0.255 e. The number of likely N-dealkylation sites (N-methyl/N-ethyl adjacent to an activating group) is 1. The van der Waals surface area contributed by atoms with Crippen LogP contribution in [-0.2, 0) is 6.61 Å². The molecule has 1 N–H and O–H groups in total. The largest absolute Gasteiger partial charge is 0.488 e. The number of ether oxygens (including phenoxy) is 1. The maximum absolute atomic E-state index is 13.2. The number of furan rings is 1. The Morgan fingerprint density at radius 2 is 2.14 bits per heavy atom. The molecule has 0 atom stereocenters. The number of nitrogens with one attached hydrogen (secondary N) is 1. The molecule has 0 radical (unpaired) electrons. The van der Waals surface area contributed by atoms with Crippen LogP contribution >= 0.6 is 11.3 Å². The summed E-state index contributed by atoms with van der Waals surface area (Å²) in [7, 11) is 4.08. The number of hydrogen-bond acceptors (Lipinski definition) is 6. The number of aromatic nitrogens is 1. The Hall–Kier alpha value is -2.38. The number of aryl methyl sites for hydroxylation is 2. The first-order valence-corrected chi connectivity index (χ1v) is 10.8. The van der Waals surface area contributed by atoms with Gasteiger partial charge < -0.3 is 19.4 Å². The molecule has 1 aromatic carbocycles. The fourth-order valence-electron chi connectivity index (χ4n) is 4.02. The zero-order chi connectivity index (χ0) is 20.6. The van der Waals surface area contributed by atoms with E-state index in [1.165, 1.54) is 0 Å².